The van der Waals surface area contributed by atoms with Crippen molar-refractivity contribution in [1.82, 2.24) is 4.98 Å². The van der Waals surface area contributed by atoms with E-state index in [0.717, 1.165) is 30.9 Å². The van der Waals surface area contributed by atoms with Crippen molar-refractivity contribution in [1.29, 1.82) is 0 Å². The quantitative estimate of drug-likeness (QED) is 0.838. The van der Waals surface area contributed by atoms with Gasteiger partial charge in [-0.05, 0) is 25.2 Å². The van der Waals surface area contributed by atoms with Crippen LogP contribution in [0.25, 0.3) is 11.3 Å². The highest BCUT2D eigenvalue weighted by Gasteiger charge is 2.29. The summed E-state index contributed by atoms with van der Waals surface area (Å²) in [6.07, 6.45) is 7.04. The zero-order valence-corrected chi connectivity index (χ0v) is 13.5. The molecule has 1 aromatic carbocycles. The van der Waals surface area contributed by atoms with Crippen molar-refractivity contribution in [2.45, 2.75) is 51.0 Å². The molecule has 2 unspecified atom stereocenters. The molecule has 0 spiro atoms. The Morgan fingerprint density at radius 2 is 2.05 bits per heavy atom. The molecule has 0 saturated heterocycles. The Morgan fingerprint density at radius 3 is 2.86 bits per heavy atom. The summed E-state index contributed by atoms with van der Waals surface area (Å²) in [4.78, 5) is 4.81. The van der Waals surface area contributed by atoms with Crippen LogP contribution in [0.5, 0.6) is 0 Å². The zero-order valence-electron chi connectivity index (χ0n) is 12.7. The number of hydrogen-bond donors (Lipinski definition) is 1. The molecule has 0 aliphatic heterocycles. The minimum atomic E-state index is -0.0451. The van der Waals surface area contributed by atoms with Crippen LogP contribution in [-0.2, 0) is 6.42 Å². The fraction of sp³-hybridized carbons (Fsp3) is 0.500. The maximum absolute atomic E-state index is 6.67. The van der Waals surface area contributed by atoms with E-state index < -0.39 is 0 Å². The molecule has 21 heavy (non-hydrogen) atoms. The highest BCUT2D eigenvalue weighted by molar-refractivity contribution is 7.09. The minimum Gasteiger partial charge on any atom is -0.325 e. The molecule has 3 rings (SSSR count). The molecule has 2 atom stereocenters. The lowest BCUT2D eigenvalue weighted by Gasteiger charge is -2.27. The molecule has 0 bridgehead atoms. The third-order valence-electron chi connectivity index (χ3n) is 4.63. The lowest BCUT2D eigenvalue weighted by atomic mass is 9.88. The Bertz CT molecular complexity index is 578. The lowest BCUT2D eigenvalue weighted by Crippen LogP contribution is -2.41. The fourth-order valence-corrected chi connectivity index (χ4v) is 4.18. The molecular formula is C18H24N2S. The minimum absolute atomic E-state index is 0.0451. The average Bonchev–Trinajstić information content (AvgIpc) is 2.87. The Labute approximate surface area is 131 Å². The molecular weight excluding hydrogens is 276 g/mol. The first-order chi connectivity index (χ1) is 10.1. The third-order valence-corrected chi connectivity index (χ3v) is 5.48. The predicted molar refractivity (Wildman–Crippen MR) is 90.4 cm³/mol. The first kappa shape index (κ1) is 14.7. The van der Waals surface area contributed by atoms with E-state index in [0.29, 0.717) is 0 Å². The standard InChI is InChI=1S/C18H24N2S/c1-14-6-5-10-18(19,11-9-14)12-17-20-16(13-21-17)15-7-3-2-4-8-15/h2-4,7-8,13-14H,5-6,9-12,19H2,1H3. The maximum Gasteiger partial charge on any atom is 0.0950 e. The zero-order chi connectivity index (χ0) is 14.7. The molecule has 3 heteroatoms. The van der Waals surface area contributed by atoms with Crippen LogP contribution in [-0.4, -0.2) is 10.5 Å². The van der Waals surface area contributed by atoms with Gasteiger partial charge in [0.15, 0.2) is 0 Å². The summed E-state index contributed by atoms with van der Waals surface area (Å²) in [5, 5.41) is 3.35. The van der Waals surface area contributed by atoms with Crippen molar-refractivity contribution >= 4 is 11.3 Å². The average molecular weight is 300 g/mol. The number of nitrogens with zero attached hydrogens (tertiary/aromatic N) is 1. The van der Waals surface area contributed by atoms with E-state index in [1.807, 2.05) is 6.07 Å². The van der Waals surface area contributed by atoms with E-state index >= 15 is 0 Å². The topological polar surface area (TPSA) is 38.9 Å². The van der Waals surface area contributed by atoms with E-state index in [1.54, 1.807) is 11.3 Å². The van der Waals surface area contributed by atoms with Gasteiger partial charge in [-0.25, -0.2) is 4.98 Å². The molecule has 1 fully saturated rings. The molecule has 1 aliphatic rings. The van der Waals surface area contributed by atoms with Crippen LogP contribution < -0.4 is 5.73 Å². The lowest BCUT2D eigenvalue weighted by molar-refractivity contribution is 0.363. The van der Waals surface area contributed by atoms with Crippen LogP contribution in [0.2, 0.25) is 0 Å². The van der Waals surface area contributed by atoms with Gasteiger partial charge < -0.3 is 5.73 Å². The van der Waals surface area contributed by atoms with Crippen LogP contribution in [0.3, 0.4) is 0 Å². The third kappa shape index (κ3) is 3.72. The molecule has 1 aromatic heterocycles. The van der Waals surface area contributed by atoms with Gasteiger partial charge in [0.2, 0.25) is 0 Å². The predicted octanol–water partition coefficient (Wildman–Crippen LogP) is 4.65. The monoisotopic (exact) mass is 300 g/mol. The Balaban J connectivity index is 1.72. The van der Waals surface area contributed by atoms with Crippen LogP contribution in [0.4, 0.5) is 0 Å². The van der Waals surface area contributed by atoms with Crippen molar-refractivity contribution in [3.63, 3.8) is 0 Å². The van der Waals surface area contributed by atoms with E-state index in [1.165, 1.54) is 29.8 Å². The summed E-state index contributed by atoms with van der Waals surface area (Å²) in [5.74, 6) is 0.826. The van der Waals surface area contributed by atoms with Crippen molar-refractivity contribution in [3.05, 3.63) is 40.7 Å². The van der Waals surface area contributed by atoms with Gasteiger partial charge in [-0.15, -0.1) is 11.3 Å². The summed E-state index contributed by atoms with van der Waals surface area (Å²) in [6.45, 7) is 2.35. The van der Waals surface area contributed by atoms with Crippen LogP contribution in [0, 0.1) is 5.92 Å². The molecule has 112 valence electrons. The van der Waals surface area contributed by atoms with Gasteiger partial charge in [0, 0.05) is 22.9 Å². The van der Waals surface area contributed by atoms with Crippen LogP contribution in [0.15, 0.2) is 35.7 Å². The molecule has 2 nitrogen and oxygen atoms in total. The number of hydrogen-bond acceptors (Lipinski definition) is 3. The Hall–Kier alpha value is -1.19. The molecule has 1 saturated carbocycles. The molecule has 0 radical (unpaired) electrons. The van der Waals surface area contributed by atoms with Gasteiger partial charge in [-0.1, -0.05) is 50.1 Å². The number of aromatic nitrogens is 1. The highest BCUT2D eigenvalue weighted by atomic mass is 32.1. The van der Waals surface area contributed by atoms with E-state index in [9.17, 15) is 0 Å². The van der Waals surface area contributed by atoms with E-state index in [2.05, 4.69) is 36.6 Å². The Morgan fingerprint density at radius 1 is 1.24 bits per heavy atom. The smallest absolute Gasteiger partial charge is 0.0950 e. The maximum atomic E-state index is 6.67. The number of thiazole rings is 1. The Kier molecular flexibility index (Phi) is 4.41. The molecule has 2 aromatic rings. The fourth-order valence-electron chi connectivity index (χ4n) is 3.22. The van der Waals surface area contributed by atoms with Crippen molar-refractivity contribution < 1.29 is 0 Å². The number of benzene rings is 1. The second-order valence-electron chi connectivity index (χ2n) is 6.57. The number of nitrogens with two attached hydrogens (primary N) is 1. The van der Waals surface area contributed by atoms with Gasteiger partial charge in [-0.3, -0.25) is 0 Å². The van der Waals surface area contributed by atoms with Gasteiger partial charge in [0.1, 0.15) is 0 Å². The molecule has 2 N–H and O–H groups in total. The molecule has 1 aliphatic carbocycles. The first-order valence-electron chi connectivity index (χ1n) is 7.93. The van der Waals surface area contributed by atoms with Gasteiger partial charge in [0.05, 0.1) is 10.7 Å². The second kappa shape index (κ2) is 6.29. The van der Waals surface area contributed by atoms with Crippen molar-refractivity contribution in [2.75, 3.05) is 0 Å². The highest BCUT2D eigenvalue weighted by Crippen LogP contribution is 2.32. The largest absolute Gasteiger partial charge is 0.325 e. The SMILES string of the molecule is CC1CCCC(N)(Cc2nc(-c3ccccc3)cs2)CC1. The van der Waals surface area contributed by atoms with Crippen molar-refractivity contribution in [3.8, 4) is 11.3 Å². The summed E-state index contributed by atoms with van der Waals surface area (Å²) in [6, 6.07) is 10.4. The van der Waals surface area contributed by atoms with Crippen LogP contribution >= 0.6 is 11.3 Å². The second-order valence-corrected chi connectivity index (χ2v) is 7.51. The summed E-state index contributed by atoms with van der Waals surface area (Å²) in [5.41, 5.74) is 8.90. The summed E-state index contributed by atoms with van der Waals surface area (Å²) in [7, 11) is 0. The van der Waals surface area contributed by atoms with Crippen molar-refractivity contribution in [2.24, 2.45) is 11.7 Å². The molecule has 1 heterocycles. The number of rotatable bonds is 3. The van der Waals surface area contributed by atoms with E-state index in [4.69, 9.17) is 10.7 Å². The van der Waals surface area contributed by atoms with Gasteiger partial charge in [0.25, 0.3) is 0 Å². The summed E-state index contributed by atoms with van der Waals surface area (Å²) >= 11 is 1.75. The molecule has 0 amide bonds. The van der Waals surface area contributed by atoms with Crippen LogP contribution in [0.1, 0.15) is 44.0 Å². The van der Waals surface area contributed by atoms with E-state index in [-0.39, 0.29) is 5.54 Å². The first-order valence-corrected chi connectivity index (χ1v) is 8.81. The van der Waals surface area contributed by atoms with Gasteiger partial charge >= 0.3 is 0 Å². The normalized spacial score (nSPS) is 26.5. The summed E-state index contributed by atoms with van der Waals surface area (Å²) < 4.78 is 0. The van der Waals surface area contributed by atoms with Gasteiger partial charge in [-0.2, -0.15) is 0 Å².